The fourth-order valence-corrected chi connectivity index (χ4v) is 9.17. The van der Waals surface area contributed by atoms with Crippen molar-refractivity contribution in [2.24, 2.45) is 0 Å². The lowest BCUT2D eigenvalue weighted by Gasteiger charge is -2.21. The van der Waals surface area contributed by atoms with Crippen molar-refractivity contribution in [1.29, 1.82) is 0 Å². The summed E-state index contributed by atoms with van der Waals surface area (Å²) in [5.41, 5.74) is 15.4. The highest BCUT2D eigenvalue weighted by molar-refractivity contribution is 6.14. The number of nitrogens with zero attached hydrogens (tertiary/aromatic N) is 4. The zero-order chi connectivity index (χ0) is 36.2. The van der Waals surface area contributed by atoms with Gasteiger partial charge in [-0.3, -0.25) is 14.5 Å². The van der Waals surface area contributed by atoms with Crippen molar-refractivity contribution in [3.8, 4) is 39.5 Å². The largest absolute Gasteiger partial charge is 0.354 e. The molecule has 0 atom stereocenters. The van der Waals surface area contributed by atoms with Gasteiger partial charge in [0.1, 0.15) is 5.82 Å². The Morgan fingerprint density at radius 1 is 0.473 bits per heavy atom. The molecule has 1 aliphatic carbocycles. The highest BCUT2D eigenvalue weighted by Gasteiger charge is 2.23. The van der Waals surface area contributed by atoms with E-state index in [0.29, 0.717) is 0 Å². The van der Waals surface area contributed by atoms with Crippen molar-refractivity contribution in [3.05, 3.63) is 169 Å². The van der Waals surface area contributed by atoms with Gasteiger partial charge in [-0.1, -0.05) is 60.7 Å². The molecule has 0 saturated carbocycles. The first kappa shape index (κ1) is 30.4. The molecule has 55 heavy (non-hydrogen) atoms. The second kappa shape index (κ2) is 11.4. The third-order valence-electron chi connectivity index (χ3n) is 11.8. The van der Waals surface area contributed by atoms with Crippen LogP contribution in [0.3, 0.4) is 0 Å². The average molecular weight is 704 g/mol. The molecule has 0 saturated heterocycles. The molecule has 0 fully saturated rings. The lowest BCUT2D eigenvalue weighted by molar-refractivity contribution is 0.946. The molecule has 12 rings (SSSR count). The number of H-pyrrole nitrogens is 1. The topological polar surface area (TPSA) is 59.4 Å². The summed E-state index contributed by atoms with van der Waals surface area (Å²) in [4.78, 5) is 18.4. The first-order chi connectivity index (χ1) is 27.1. The molecule has 0 unspecified atom stereocenters. The number of rotatable bonds is 3. The maximum Gasteiger partial charge on any atom is 0.137 e. The second-order valence-electron chi connectivity index (χ2n) is 15.0. The Bertz CT molecular complexity index is 3390. The Kier molecular flexibility index (Phi) is 6.32. The molecule has 1 N–H and O–H groups in total. The predicted octanol–water partition coefficient (Wildman–Crippen LogP) is 12.3. The Morgan fingerprint density at radius 2 is 1.07 bits per heavy atom. The van der Waals surface area contributed by atoms with Crippen LogP contribution in [0.5, 0.6) is 0 Å². The Balaban J connectivity index is 1.06. The van der Waals surface area contributed by atoms with E-state index in [9.17, 15) is 0 Å². The minimum Gasteiger partial charge on any atom is -0.354 e. The Morgan fingerprint density at radius 3 is 1.80 bits per heavy atom. The standard InChI is InChI=1S/C50H33N5/c1-29-16-19-51-48(22-29)55-46-15-13-35(50-37-9-5-3-7-31(37)18-21-53-50)26-42(46)43-24-33-11-10-32-23-41-40-25-34(49-36-8-4-2-6-30(36)17-20-52-49)12-14-44(40)54-45(41)27-38(32)39(33)28-47(43)55/h2-9,12-28,54H,10-11H2,1H3. The fourth-order valence-electron chi connectivity index (χ4n) is 9.17. The molecule has 0 radical (unpaired) electrons. The van der Waals surface area contributed by atoms with E-state index >= 15 is 0 Å². The van der Waals surface area contributed by atoms with Crippen LogP contribution in [0.1, 0.15) is 16.7 Å². The molecular formula is C50H33N5. The van der Waals surface area contributed by atoms with Gasteiger partial charge in [-0.05, 0) is 131 Å². The molecular weight excluding hydrogens is 671 g/mol. The van der Waals surface area contributed by atoms with E-state index in [2.05, 4.69) is 150 Å². The quantitative estimate of drug-likeness (QED) is 0.199. The van der Waals surface area contributed by atoms with E-state index in [1.807, 2.05) is 18.6 Å². The summed E-state index contributed by atoms with van der Waals surface area (Å²) >= 11 is 0. The first-order valence-corrected chi connectivity index (χ1v) is 19.0. The second-order valence-corrected chi connectivity index (χ2v) is 15.0. The van der Waals surface area contributed by atoms with Gasteiger partial charge in [0.05, 0.1) is 22.4 Å². The van der Waals surface area contributed by atoms with Crippen LogP contribution in [-0.4, -0.2) is 24.5 Å². The monoisotopic (exact) mass is 703 g/mol. The van der Waals surface area contributed by atoms with Gasteiger partial charge in [-0.25, -0.2) is 4.98 Å². The number of aromatic nitrogens is 5. The van der Waals surface area contributed by atoms with Crippen molar-refractivity contribution in [3.63, 3.8) is 0 Å². The predicted molar refractivity (Wildman–Crippen MR) is 227 cm³/mol. The lowest BCUT2D eigenvalue weighted by Crippen LogP contribution is -2.05. The summed E-state index contributed by atoms with van der Waals surface area (Å²) in [6, 6.07) is 48.6. The van der Waals surface area contributed by atoms with Gasteiger partial charge in [-0.2, -0.15) is 0 Å². The van der Waals surface area contributed by atoms with Crippen molar-refractivity contribution >= 4 is 65.2 Å². The van der Waals surface area contributed by atoms with Gasteiger partial charge in [0, 0.05) is 73.1 Å². The van der Waals surface area contributed by atoms with Gasteiger partial charge in [0.15, 0.2) is 0 Å². The molecule has 5 heteroatoms. The maximum absolute atomic E-state index is 4.91. The van der Waals surface area contributed by atoms with E-state index in [-0.39, 0.29) is 0 Å². The van der Waals surface area contributed by atoms with E-state index < -0.39 is 0 Å². The minimum atomic E-state index is 0.926. The van der Waals surface area contributed by atoms with Crippen LogP contribution in [0.4, 0.5) is 0 Å². The molecule has 0 amide bonds. The van der Waals surface area contributed by atoms with Gasteiger partial charge < -0.3 is 4.98 Å². The van der Waals surface area contributed by atoms with Crippen LogP contribution in [0.25, 0.3) is 105 Å². The molecule has 5 aromatic heterocycles. The van der Waals surface area contributed by atoms with Crippen LogP contribution >= 0.6 is 0 Å². The highest BCUT2D eigenvalue weighted by atomic mass is 15.1. The fraction of sp³-hybridized carbons (Fsp3) is 0.0600. The number of nitrogens with one attached hydrogen (secondary N) is 1. The van der Waals surface area contributed by atoms with E-state index in [0.717, 1.165) is 68.6 Å². The Labute approximate surface area is 316 Å². The smallest absolute Gasteiger partial charge is 0.137 e. The molecule has 1 aliphatic rings. The zero-order valence-corrected chi connectivity index (χ0v) is 30.1. The SMILES string of the molecule is Cc1ccnc(-n2c3ccc(-c4nccc5ccccc45)cc3c3cc4c(cc32)-c2cc3[nH]c5ccc(-c6nccc7ccccc67)cc5c3cc2CC4)c1. The number of fused-ring (bicyclic) bond motifs is 11. The third-order valence-corrected chi connectivity index (χ3v) is 11.8. The average Bonchev–Trinajstić information content (AvgIpc) is 3.75. The maximum atomic E-state index is 4.91. The molecule has 0 bridgehead atoms. The third kappa shape index (κ3) is 4.56. The van der Waals surface area contributed by atoms with E-state index in [1.165, 1.54) is 65.5 Å². The molecule has 11 aromatic rings. The number of hydrogen-bond donors (Lipinski definition) is 1. The van der Waals surface area contributed by atoms with Crippen LogP contribution in [0, 0.1) is 6.92 Å². The molecule has 0 aliphatic heterocycles. The number of aromatic amines is 1. The minimum absolute atomic E-state index is 0.926. The van der Waals surface area contributed by atoms with Gasteiger partial charge in [-0.15, -0.1) is 0 Å². The molecule has 0 spiro atoms. The van der Waals surface area contributed by atoms with Gasteiger partial charge >= 0.3 is 0 Å². The van der Waals surface area contributed by atoms with Crippen molar-refractivity contribution in [2.75, 3.05) is 0 Å². The molecule has 5 nitrogen and oxygen atoms in total. The molecule has 6 aromatic carbocycles. The number of pyridine rings is 3. The van der Waals surface area contributed by atoms with Gasteiger partial charge in [0.25, 0.3) is 0 Å². The van der Waals surface area contributed by atoms with Gasteiger partial charge in [0.2, 0.25) is 0 Å². The number of benzene rings is 6. The van der Waals surface area contributed by atoms with Crippen LogP contribution < -0.4 is 0 Å². The zero-order valence-electron chi connectivity index (χ0n) is 30.1. The van der Waals surface area contributed by atoms with E-state index in [4.69, 9.17) is 15.0 Å². The van der Waals surface area contributed by atoms with Crippen LogP contribution in [0.2, 0.25) is 0 Å². The normalized spacial score (nSPS) is 12.7. The summed E-state index contributed by atoms with van der Waals surface area (Å²) in [7, 11) is 0. The van der Waals surface area contributed by atoms with Crippen molar-refractivity contribution < 1.29 is 0 Å². The lowest BCUT2D eigenvalue weighted by atomic mass is 9.84. The number of aryl methyl sites for hydroxylation is 3. The Hall–Kier alpha value is -7.11. The summed E-state index contributed by atoms with van der Waals surface area (Å²) in [5.74, 6) is 0.926. The van der Waals surface area contributed by atoms with Crippen molar-refractivity contribution in [1.82, 2.24) is 24.5 Å². The van der Waals surface area contributed by atoms with E-state index in [1.54, 1.807) is 0 Å². The summed E-state index contributed by atoms with van der Waals surface area (Å²) in [6.07, 6.45) is 7.72. The highest BCUT2D eigenvalue weighted by Crippen LogP contribution is 2.44. The summed E-state index contributed by atoms with van der Waals surface area (Å²) in [6.45, 7) is 2.13. The molecule has 258 valence electrons. The molecule has 5 heterocycles. The van der Waals surface area contributed by atoms with Crippen LogP contribution in [-0.2, 0) is 12.8 Å². The van der Waals surface area contributed by atoms with Crippen molar-refractivity contribution in [2.45, 2.75) is 19.8 Å². The number of hydrogen-bond acceptors (Lipinski definition) is 3. The van der Waals surface area contributed by atoms with Crippen LogP contribution in [0.15, 0.2) is 152 Å². The first-order valence-electron chi connectivity index (χ1n) is 19.0. The summed E-state index contributed by atoms with van der Waals surface area (Å²) in [5, 5.41) is 9.66. The summed E-state index contributed by atoms with van der Waals surface area (Å²) < 4.78 is 2.34.